The van der Waals surface area contributed by atoms with Gasteiger partial charge in [0, 0.05) is 5.56 Å². The number of carbonyl (C=O) groups excluding carboxylic acids is 1. The Labute approximate surface area is 236 Å². The first kappa shape index (κ1) is 26.4. The molecule has 1 saturated heterocycles. The lowest BCUT2D eigenvalue weighted by atomic mass is 10.1. The third-order valence-electron chi connectivity index (χ3n) is 4.94. The molecular formula is C26H18Cl2IN3O3S. The fourth-order valence-electron chi connectivity index (χ4n) is 3.30. The summed E-state index contributed by atoms with van der Waals surface area (Å²) in [5, 5.41) is 13.2. The minimum atomic E-state index is -0.265. The highest BCUT2D eigenvalue weighted by Crippen LogP contribution is 2.38. The number of benzene rings is 3. The number of nitriles is 1. The normalized spacial score (nSPS) is 15.1. The maximum absolute atomic E-state index is 12.6. The molecule has 4 rings (SSSR count). The van der Waals surface area contributed by atoms with E-state index in [-0.39, 0.29) is 12.5 Å². The van der Waals surface area contributed by atoms with Crippen molar-refractivity contribution in [2.24, 2.45) is 4.99 Å². The van der Waals surface area contributed by atoms with Crippen molar-refractivity contribution in [2.75, 3.05) is 6.61 Å². The Balaban J connectivity index is 1.58. The second-order valence-electron chi connectivity index (χ2n) is 7.38. The molecule has 0 spiro atoms. The Kier molecular flexibility index (Phi) is 8.80. The van der Waals surface area contributed by atoms with Crippen molar-refractivity contribution in [3.63, 3.8) is 0 Å². The van der Waals surface area contributed by atoms with E-state index >= 15 is 0 Å². The number of nitrogens with one attached hydrogen (secondary N) is 1. The van der Waals surface area contributed by atoms with Crippen LogP contribution in [0, 0.1) is 14.9 Å². The first-order chi connectivity index (χ1) is 17.4. The number of hydrogen-bond acceptors (Lipinski definition) is 6. The van der Waals surface area contributed by atoms with Crippen molar-refractivity contribution >= 4 is 80.4 Å². The highest BCUT2D eigenvalue weighted by Gasteiger charge is 2.25. The van der Waals surface area contributed by atoms with Crippen LogP contribution in [0.25, 0.3) is 6.08 Å². The smallest absolute Gasteiger partial charge is 0.264 e. The molecule has 1 aliphatic rings. The van der Waals surface area contributed by atoms with Crippen molar-refractivity contribution in [3.05, 3.63) is 89.8 Å². The first-order valence-electron chi connectivity index (χ1n) is 10.7. The van der Waals surface area contributed by atoms with Crippen molar-refractivity contribution in [1.82, 2.24) is 5.32 Å². The highest BCUT2D eigenvalue weighted by atomic mass is 127. The lowest BCUT2D eigenvalue weighted by molar-refractivity contribution is -0.115. The van der Waals surface area contributed by atoms with Crippen LogP contribution in [-0.2, 0) is 11.4 Å². The van der Waals surface area contributed by atoms with Crippen LogP contribution in [0.3, 0.4) is 0 Å². The lowest BCUT2D eigenvalue weighted by Gasteiger charge is -2.15. The molecule has 10 heteroatoms. The molecule has 3 aromatic carbocycles. The number of halogens is 3. The minimum Gasteiger partial charge on any atom is -0.490 e. The largest absolute Gasteiger partial charge is 0.490 e. The highest BCUT2D eigenvalue weighted by molar-refractivity contribution is 14.1. The molecule has 0 aromatic heterocycles. The number of thioether (sulfide) groups is 1. The topological polar surface area (TPSA) is 83.7 Å². The predicted octanol–water partition coefficient (Wildman–Crippen LogP) is 7.34. The van der Waals surface area contributed by atoms with E-state index in [9.17, 15) is 10.1 Å². The summed E-state index contributed by atoms with van der Waals surface area (Å²) in [6.07, 6.45) is 1.77. The Morgan fingerprint density at radius 1 is 1.17 bits per heavy atom. The van der Waals surface area contributed by atoms with Crippen molar-refractivity contribution in [1.29, 1.82) is 5.26 Å². The first-order valence-corrected chi connectivity index (χ1v) is 13.4. The van der Waals surface area contributed by atoms with Gasteiger partial charge >= 0.3 is 0 Å². The van der Waals surface area contributed by atoms with Gasteiger partial charge in [0.25, 0.3) is 5.91 Å². The van der Waals surface area contributed by atoms with Crippen molar-refractivity contribution in [2.45, 2.75) is 13.5 Å². The van der Waals surface area contributed by atoms with Crippen LogP contribution in [0.2, 0.25) is 10.0 Å². The van der Waals surface area contributed by atoms with E-state index < -0.39 is 0 Å². The molecule has 0 atom stereocenters. The quantitative estimate of drug-likeness (QED) is 0.214. The van der Waals surface area contributed by atoms with Crippen LogP contribution in [0.4, 0.5) is 5.69 Å². The van der Waals surface area contributed by atoms with Gasteiger partial charge in [-0.15, -0.1) is 0 Å². The molecule has 182 valence electrons. The number of ether oxygens (including phenoxy) is 2. The van der Waals surface area contributed by atoms with Crippen LogP contribution >= 0.6 is 57.6 Å². The maximum Gasteiger partial charge on any atom is 0.264 e. The molecule has 0 aliphatic carbocycles. The molecule has 0 unspecified atom stereocenters. The predicted molar refractivity (Wildman–Crippen MR) is 153 cm³/mol. The molecule has 1 fully saturated rings. The van der Waals surface area contributed by atoms with Crippen molar-refractivity contribution < 1.29 is 14.3 Å². The summed E-state index contributed by atoms with van der Waals surface area (Å²) in [5.41, 5.74) is 2.59. The summed E-state index contributed by atoms with van der Waals surface area (Å²) in [6.45, 7) is 2.55. The Hall–Kier alpha value is -2.71. The van der Waals surface area contributed by atoms with Gasteiger partial charge < -0.3 is 14.8 Å². The lowest BCUT2D eigenvalue weighted by Crippen LogP contribution is -2.19. The zero-order valence-electron chi connectivity index (χ0n) is 18.8. The minimum absolute atomic E-state index is 0.227. The van der Waals surface area contributed by atoms with Gasteiger partial charge in [-0.2, -0.15) is 5.26 Å². The molecule has 0 saturated carbocycles. The van der Waals surface area contributed by atoms with Gasteiger partial charge in [-0.25, -0.2) is 4.99 Å². The number of amidine groups is 1. The van der Waals surface area contributed by atoms with E-state index in [1.54, 1.807) is 30.3 Å². The average molecular weight is 650 g/mol. The van der Waals surface area contributed by atoms with Crippen LogP contribution in [-0.4, -0.2) is 17.7 Å². The van der Waals surface area contributed by atoms with Gasteiger partial charge in [0.15, 0.2) is 16.7 Å². The average Bonchev–Trinajstić information content (AvgIpc) is 3.20. The number of amides is 1. The van der Waals surface area contributed by atoms with Crippen LogP contribution < -0.4 is 14.8 Å². The van der Waals surface area contributed by atoms with Gasteiger partial charge in [-0.1, -0.05) is 47.5 Å². The van der Waals surface area contributed by atoms with Crippen LogP contribution in [0.15, 0.2) is 64.5 Å². The molecule has 36 heavy (non-hydrogen) atoms. The number of rotatable bonds is 7. The number of aliphatic imine (C=N–C) groups is 1. The number of carbonyl (C=O) groups is 1. The molecule has 1 N–H and O–H groups in total. The van der Waals surface area contributed by atoms with Crippen molar-refractivity contribution in [3.8, 4) is 17.6 Å². The summed E-state index contributed by atoms with van der Waals surface area (Å²) in [5.74, 6) is 0.862. The van der Waals surface area contributed by atoms with Gasteiger partial charge in [0.1, 0.15) is 6.61 Å². The summed E-state index contributed by atoms with van der Waals surface area (Å²) in [6, 6.07) is 18.3. The van der Waals surface area contributed by atoms with E-state index in [2.05, 4.69) is 39.0 Å². The molecule has 0 bridgehead atoms. The van der Waals surface area contributed by atoms with Crippen LogP contribution in [0.1, 0.15) is 23.6 Å². The molecular weight excluding hydrogens is 632 g/mol. The monoisotopic (exact) mass is 649 g/mol. The van der Waals surface area contributed by atoms with Gasteiger partial charge in [-0.3, -0.25) is 4.79 Å². The summed E-state index contributed by atoms with van der Waals surface area (Å²) in [7, 11) is 0. The van der Waals surface area contributed by atoms with E-state index in [1.807, 2.05) is 37.3 Å². The molecule has 1 heterocycles. The summed E-state index contributed by atoms with van der Waals surface area (Å²) in [4.78, 5) is 17.5. The zero-order valence-corrected chi connectivity index (χ0v) is 23.3. The molecule has 3 aromatic rings. The zero-order chi connectivity index (χ0) is 25.7. The maximum atomic E-state index is 12.6. The molecule has 1 amide bonds. The second-order valence-corrected chi connectivity index (χ2v) is 10.4. The summed E-state index contributed by atoms with van der Waals surface area (Å²) >= 11 is 15.7. The van der Waals surface area contributed by atoms with E-state index in [0.717, 1.165) is 14.7 Å². The Morgan fingerprint density at radius 3 is 2.75 bits per heavy atom. The fraction of sp³-hybridized carbons (Fsp3) is 0.115. The third-order valence-corrected chi connectivity index (χ3v) is 7.46. The Bertz CT molecular complexity index is 1440. The van der Waals surface area contributed by atoms with Gasteiger partial charge in [0.05, 0.1) is 42.4 Å². The third kappa shape index (κ3) is 6.16. The standard InChI is InChI=1S/C26H18Cl2IN3O3S/c1-2-34-21-11-15(10-19(29)24(21)35-14-17-7-4-3-6-16(17)13-30)12-22-25(33)32-26(36-22)31-20-9-5-8-18(27)23(20)28/h3-12H,2,14H2,1H3,(H,31,32,33)/b22-12+. The SMILES string of the molecule is CCOc1cc(/C=C2/SC(=Nc3cccc(Cl)c3Cl)NC2=O)cc(I)c1OCc1ccccc1C#N. The van der Waals surface area contributed by atoms with E-state index in [4.69, 9.17) is 32.7 Å². The van der Waals surface area contributed by atoms with Gasteiger partial charge in [0.2, 0.25) is 0 Å². The fourth-order valence-corrected chi connectivity index (χ4v) is 5.25. The van der Waals surface area contributed by atoms with Crippen LogP contribution in [0.5, 0.6) is 11.5 Å². The number of hydrogen-bond donors (Lipinski definition) is 1. The van der Waals surface area contributed by atoms with E-state index in [0.29, 0.717) is 49.5 Å². The van der Waals surface area contributed by atoms with Gasteiger partial charge in [-0.05, 0) is 83.2 Å². The molecule has 6 nitrogen and oxygen atoms in total. The summed E-state index contributed by atoms with van der Waals surface area (Å²) < 4.78 is 12.7. The number of nitrogens with zero attached hydrogens (tertiary/aromatic N) is 2. The second kappa shape index (κ2) is 12.0. The Morgan fingerprint density at radius 2 is 1.97 bits per heavy atom. The van der Waals surface area contributed by atoms with E-state index in [1.165, 1.54) is 11.8 Å². The molecule has 1 aliphatic heterocycles. The molecule has 0 radical (unpaired) electrons.